The van der Waals surface area contributed by atoms with Crippen LogP contribution in [-0.2, 0) is 0 Å². The van der Waals surface area contributed by atoms with Crippen molar-refractivity contribution in [3.63, 3.8) is 0 Å². The molecule has 1 rings (SSSR count). The minimum absolute atomic E-state index is 0. The van der Waals surface area contributed by atoms with Crippen molar-refractivity contribution in [2.24, 2.45) is 0 Å². The number of aromatic carboxylic acids is 1. The Morgan fingerprint density at radius 2 is 2.00 bits per heavy atom. The Labute approximate surface area is 108 Å². The number of rotatable bonds is 2. The molecular formula is C10H14NNaO2. The van der Waals surface area contributed by atoms with Gasteiger partial charge in [-0.2, -0.15) is 0 Å². The van der Waals surface area contributed by atoms with Gasteiger partial charge in [0.15, 0.2) is 0 Å². The molecule has 0 aliphatic carbocycles. The maximum Gasteiger partial charge on any atom is 1.00 e. The van der Waals surface area contributed by atoms with Gasteiger partial charge in [0.2, 0.25) is 0 Å². The van der Waals surface area contributed by atoms with E-state index in [0.717, 1.165) is 11.3 Å². The molecule has 1 aromatic carbocycles. The first kappa shape index (κ1) is 13.5. The third kappa shape index (κ3) is 3.01. The minimum atomic E-state index is -0.872. The van der Waals surface area contributed by atoms with Crippen LogP contribution >= 0.6 is 0 Å². The number of anilines is 1. The van der Waals surface area contributed by atoms with Crippen molar-refractivity contribution < 1.29 is 40.9 Å². The van der Waals surface area contributed by atoms with E-state index < -0.39 is 5.97 Å². The summed E-state index contributed by atoms with van der Waals surface area (Å²) < 4.78 is 0. The second-order valence-electron chi connectivity index (χ2n) is 3.20. The number of carbonyl (C=O) groups is 1. The van der Waals surface area contributed by atoms with Gasteiger partial charge in [-0.3, -0.25) is 0 Å². The van der Waals surface area contributed by atoms with Crippen molar-refractivity contribution in [2.45, 2.75) is 6.92 Å². The molecule has 0 amide bonds. The number of benzene rings is 1. The van der Waals surface area contributed by atoms with Gasteiger partial charge in [0.1, 0.15) is 0 Å². The molecule has 72 valence electrons. The van der Waals surface area contributed by atoms with Crippen LogP contribution < -0.4 is 34.5 Å². The second kappa shape index (κ2) is 5.39. The summed E-state index contributed by atoms with van der Waals surface area (Å²) >= 11 is 0. The Balaban J connectivity index is 0. The maximum absolute atomic E-state index is 10.7. The number of hydrogen-bond acceptors (Lipinski definition) is 2. The number of nitrogens with zero attached hydrogens (tertiary/aromatic N) is 1. The van der Waals surface area contributed by atoms with Crippen molar-refractivity contribution >= 4 is 11.7 Å². The van der Waals surface area contributed by atoms with E-state index in [-0.39, 0.29) is 31.0 Å². The zero-order valence-corrected chi connectivity index (χ0v) is 11.0. The van der Waals surface area contributed by atoms with E-state index >= 15 is 0 Å². The van der Waals surface area contributed by atoms with Gasteiger partial charge in [-0.15, -0.1) is 0 Å². The van der Waals surface area contributed by atoms with E-state index in [4.69, 9.17) is 5.11 Å². The van der Waals surface area contributed by atoms with Crippen molar-refractivity contribution in [1.82, 2.24) is 0 Å². The van der Waals surface area contributed by atoms with Crippen LogP contribution in [0.3, 0.4) is 0 Å². The van der Waals surface area contributed by atoms with E-state index in [2.05, 4.69) is 0 Å². The topological polar surface area (TPSA) is 40.5 Å². The van der Waals surface area contributed by atoms with Crippen molar-refractivity contribution in [1.29, 1.82) is 0 Å². The van der Waals surface area contributed by atoms with Crippen molar-refractivity contribution in [3.05, 3.63) is 29.3 Å². The molecule has 0 aromatic heterocycles. The molecule has 4 heteroatoms. The van der Waals surface area contributed by atoms with E-state index in [1.165, 1.54) is 0 Å². The summed E-state index contributed by atoms with van der Waals surface area (Å²) in [7, 11) is 3.85. The van der Waals surface area contributed by atoms with Crippen LogP contribution in [0.2, 0.25) is 0 Å². The molecule has 0 saturated heterocycles. The summed E-state index contributed by atoms with van der Waals surface area (Å²) in [4.78, 5) is 12.6. The summed E-state index contributed by atoms with van der Waals surface area (Å²) in [5, 5.41) is 8.78. The molecule has 14 heavy (non-hydrogen) atoms. The predicted octanol–water partition coefficient (Wildman–Crippen LogP) is -1.12. The average molecular weight is 203 g/mol. The SMILES string of the molecule is Cc1cc(N(C)C)ccc1C(=O)O.[H-].[Na+]. The average Bonchev–Trinajstić information content (AvgIpc) is 2.03. The Morgan fingerprint density at radius 1 is 1.43 bits per heavy atom. The first-order valence-electron chi connectivity index (χ1n) is 4.03. The number of carboxylic acid groups (broad SMARTS) is 1. The zero-order chi connectivity index (χ0) is 10.0. The van der Waals surface area contributed by atoms with Crippen LogP contribution in [0.1, 0.15) is 17.3 Å². The Kier molecular flexibility index (Phi) is 5.19. The van der Waals surface area contributed by atoms with Gasteiger partial charge >= 0.3 is 35.5 Å². The summed E-state index contributed by atoms with van der Waals surface area (Å²) in [5.74, 6) is -0.872. The van der Waals surface area contributed by atoms with Crippen LogP contribution in [-0.4, -0.2) is 25.2 Å². The van der Waals surface area contributed by atoms with Crippen LogP contribution in [0.15, 0.2) is 18.2 Å². The molecule has 0 saturated carbocycles. The van der Waals surface area contributed by atoms with Gasteiger partial charge < -0.3 is 11.4 Å². The second-order valence-corrected chi connectivity index (χ2v) is 3.20. The molecule has 1 N–H and O–H groups in total. The Bertz CT molecular complexity index is 342. The summed E-state index contributed by atoms with van der Waals surface area (Å²) in [5.41, 5.74) is 2.17. The third-order valence-corrected chi connectivity index (χ3v) is 1.96. The minimum Gasteiger partial charge on any atom is -1.00 e. The molecule has 1 aromatic rings. The molecule has 0 atom stereocenters. The molecular weight excluding hydrogens is 189 g/mol. The molecule has 0 spiro atoms. The van der Waals surface area contributed by atoms with Crippen LogP contribution in [0.25, 0.3) is 0 Å². The van der Waals surface area contributed by atoms with Gasteiger partial charge in [0.25, 0.3) is 0 Å². The Morgan fingerprint density at radius 3 is 2.36 bits per heavy atom. The summed E-state index contributed by atoms with van der Waals surface area (Å²) in [6, 6.07) is 5.30. The Hall–Kier alpha value is -0.510. The summed E-state index contributed by atoms with van der Waals surface area (Å²) in [6.45, 7) is 1.80. The maximum atomic E-state index is 10.7. The van der Waals surface area contributed by atoms with Crippen LogP contribution in [0, 0.1) is 6.92 Å². The van der Waals surface area contributed by atoms with Crippen LogP contribution in [0.5, 0.6) is 0 Å². The van der Waals surface area contributed by atoms with E-state index in [0.29, 0.717) is 5.56 Å². The molecule has 3 nitrogen and oxygen atoms in total. The molecule has 0 unspecified atom stereocenters. The molecule has 0 aliphatic heterocycles. The number of aryl methyl sites for hydroxylation is 1. The van der Waals surface area contributed by atoms with E-state index in [1.807, 2.05) is 25.1 Å². The summed E-state index contributed by atoms with van der Waals surface area (Å²) in [6.07, 6.45) is 0. The number of carboxylic acids is 1. The third-order valence-electron chi connectivity index (χ3n) is 1.96. The van der Waals surface area contributed by atoms with Crippen molar-refractivity contribution in [3.8, 4) is 0 Å². The first-order chi connectivity index (χ1) is 6.02. The fourth-order valence-electron chi connectivity index (χ4n) is 1.17. The predicted molar refractivity (Wildman–Crippen MR) is 53.6 cm³/mol. The first-order valence-corrected chi connectivity index (χ1v) is 4.03. The van der Waals surface area contributed by atoms with Crippen LogP contribution in [0.4, 0.5) is 5.69 Å². The van der Waals surface area contributed by atoms with Gasteiger partial charge in [0.05, 0.1) is 5.56 Å². The smallest absolute Gasteiger partial charge is 1.00 e. The van der Waals surface area contributed by atoms with E-state index in [9.17, 15) is 4.79 Å². The fraction of sp³-hybridized carbons (Fsp3) is 0.300. The van der Waals surface area contributed by atoms with Crippen molar-refractivity contribution in [2.75, 3.05) is 19.0 Å². The molecule has 0 radical (unpaired) electrons. The molecule has 0 bridgehead atoms. The largest absolute Gasteiger partial charge is 1.00 e. The quantitative estimate of drug-likeness (QED) is 0.619. The monoisotopic (exact) mass is 203 g/mol. The van der Waals surface area contributed by atoms with Gasteiger partial charge in [-0.25, -0.2) is 4.79 Å². The molecule has 0 heterocycles. The zero-order valence-electron chi connectivity index (χ0n) is 10.0. The van der Waals surface area contributed by atoms with Gasteiger partial charge in [-0.1, -0.05) is 0 Å². The van der Waals surface area contributed by atoms with Gasteiger partial charge in [0, 0.05) is 19.8 Å². The fourth-order valence-corrected chi connectivity index (χ4v) is 1.17. The normalized spacial score (nSPS) is 9.07. The molecule has 0 fully saturated rings. The van der Waals surface area contributed by atoms with E-state index in [1.54, 1.807) is 19.1 Å². The standard InChI is InChI=1S/C10H13NO2.Na.H/c1-7-6-8(11(2)3)4-5-9(7)10(12)13;;/h4-6H,1-3H3,(H,12,13);;/q;+1;-1. The number of hydrogen-bond donors (Lipinski definition) is 1. The van der Waals surface area contributed by atoms with Gasteiger partial charge in [-0.05, 0) is 30.7 Å². The molecule has 0 aliphatic rings.